The van der Waals surface area contributed by atoms with Crippen molar-refractivity contribution in [1.29, 1.82) is 0 Å². The molecular weight excluding hydrogens is 340 g/mol. The number of ether oxygens (including phenoxy) is 1. The van der Waals surface area contributed by atoms with Crippen LogP contribution < -0.4 is 10.1 Å². The first-order valence-electron chi connectivity index (χ1n) is 9.11. The van der Waals surface area contributed by atoms with Crippen molar-refractivity contribution in [3.63, 3.8) is 0 Å². The molecule has 6 nitrogen and oxygen atoms in total. The number of rotatable bonds is 4. The lowest BCUT2D eigenvalue weighted by atomic mass is 10.0. The Morgan fingerprint density at radius 3 is 3.00 bits per heavy atom. The zero-order valence-electron chi connectivity index (χ0n) is 15.5. The number of pyridine rings is 1. The summed E-state index contributed by atoms with van der Waals surface area (Å²) in [6.45, 7) is 2.95. The zero-order valence-corrected chi connectivity index (χ0v) is 15.5. The van der Waals surface area contributed by atoms with E-state index in [-0.39, 0.29) is 5.91 Å². The maximum atomic E-state index is 12.7. The highest BCUT2D eigenvalue weighted by atomic mass is 16.5. The summed E-state index contributed by atoms with van der Waals surface area (Å²) >= 11 is 0. The fourth-order valence-electron chi connectivity index (χ4n) is 3.37. The van der Waals surface area contributed by atoms with Crippen LogP contribution in [0.1, 0.15) is 18.4 Å². The minimum Gasteiger partial charge on any atom is -0.439 e. The number of anilines is 1. The van der Waals surface area contributed by atoms with Crippen molar-refractivity contribution in [3.8, 4) is 11.6 Å². The van der Waals surface area contributed by atoms with Crippen LogP contribution in [0.2, 0.25) is 0 Å². The first-order chi connectivity index (χ1) is 13.1. The van der Waals surface area contributed by atoms with Crippen LogP contribution in [0.4, 0.5) is 5.69 Å². The molecule has 27 heavy (non-hydrogen) atoms. The predicted molar refractivity (Wildman–Crippen MR) is 105 cm³/mol. The van der Waals surface area contributed by atoms with Gasteiger partial charge in [0.05, 0.1) is 0 Å². The van der Waals surface area contributed by atoms with Crippen LogP contribution in [0.25, 0.3) is 0 Å². The summed E-state index contributed by atoms with van der Waals surface area (Å²) < 4.78 is 5.84. The molecule has 0 bridgehead atoms. The summed E-state index contributed by atoms with van der Waals surface area (Å²) in [4.78, 5) is 23.5. The molecule has 1 N–H and O–H groups in total. The van der Waals surface area contributed by atoms with Gasteiger partial charge in [0, 0.05) is 43.5 Å². The number of nitrogens with zero attached hydrogens (tertiary/aromatic N) is 3. The second-order valence-corrected chi connectivity index (χ2v) is 6.91. The Kier molecular flexibility index (Phi) is 4.62. The Morgan fingerprint density at radius 1 is 1.30 bits per heavy atom. The number of aryl methyl sites for hydroxylation is 1. The van der Waals surface area contributed by atoms with Crippen molar-refractivity contribution in [1.82, 2.24) is 9.88 Å². The number of carbonyl (C=O) groups excluding carboxylic acids is 1. The largest absolute Gasteiger partial charge is 0.439 e. The number of likely N-dealkylation sites (tertiary alicyclic amines) is 1. The number of aromatic nitrogens is 1. The summed E-state index contributed by atoms with van der Waals surface area (Å²) in [5.41, 5.74) is 2.11. The van der Waals surface area contributed by atoms with Crippen molar-refractivity contribution in [2.45, 2.75) is 19.8 Å². The first kappa shape index (κ1) is 17.3. The molecule has 138 valence electrons. The summed E-state index contributed by atoms with van der Waals surface area (Å²) in [6, 6.07) is 11.1. The molecular formula is C21H22N4O2. The quantitative estimate of drug-likeness (QED) is 0.899. The Balaban J connectivity index is 1.49. The molecule has 1 aromatic carbocycles. The molecule has 0 saturated carbocycles. The molecule has 2 aliphatic rings. The van der Waals surface area contributed by atoms with Crippen LogP contribution in [0.3, 0.4) is 0 Å². The van der Waals surface area contributed by atoms with Gasteiger partial charge in [-0.1, -0.05) is 18.2 Å². The van der Waals surface area contributed by atoms with E-state index in [9.17, 15) is 4.79 Å². The van der Waals surface area contributed by atoms with Gasteiger partial charge in [0.1, 0.15) is 17.3 Å². The molecule has 1 atom stereocenters. The second-order valence-electron chi connectivity index (χ2n) is 6.91. The number of aliphatic imine (C=N–C) groups is 1. The Bertz CT molecular complexity index is 921. The van der Waals surface area contributed by atoms with Crippen LogP contribution in [-0.2, 0) is 4.79 Å². The van der Waals surface area contributed by atoms with Gasteiger partial charge in [-0.15, -0.1) is 0 Å². The molecule has 1 unspecified atom stereocenters. The molecule has 0 radical (unpaired) electrons. The smallest absolute Gasteiger partial charge is 0.274 e. The molecule has 1 amide bonds. The molecule has 2 aromatic rings. The first-order valence-corrected chi connectivity index (χ1v) is 9.11. The van der Waals surface area contributed by atoms with Crippen molar-refractivity contribution < 1.29 is 9.53 Å². The third-order valence-corrected chi connectivity index (χ3v) is 4.93. The van der Waals surface area contributed by atoms with Crippen molar-refractivity contribution >= 4 is 17.4 Å². The van der Waals surface area contributed by atoms with Gasteiger partial charge in [-0.05, 0) is 37.5 Å². The standard InChI is InChI=1S/C21H22N4O2/c1-14-6-8-16(13-18(14)27-19-5-3-4-11-22-19)23-21(26)17-9-7-15-10-12-25(2)20(15)24-17/h3-6,8-9,11,13,15H,7,10,12H2,1-2H3,(H,23,26). The van der Waals surface area contributed by atoms with Crippen LogP contribution in [-0.4, -0.2) is 35.2 Å². The van der Waals surface area contributed by atoms with Crippen LogP contribution in [0, 0.1) is 12.8 Å². The van der Waals surface area contributed by atoms with Gasteiger partial charge in [-0.2, -0.15) is 0 Å². The molecule has 1 fully saturated rings. The van der Waals surface area contributed by atoms with Gasteiger partial charge < -0.3 is 15.0 Å². The number of nitrogens with one attached hydrogen (secondary N) is 1. The molecule has 0 aliphatic carbocycles. The molecule has 0 spiro atoms. The van der Waals surface area contributed by atoms with Crippen molar-refractivity contribution in [2.24, 2.45) is 10.9 Å². The number of hydrogen-bond donors (Lipinski definition) is 1. The van der Waals surface area contributed by atoms with E-state index in [0.29, 0.717) is 28.9 Å². The lowest BCUT2D eigenvalue weighted by Gasteiger charge is -2.19. The molecule has 4 rings (SSSR count). The number of allylic oxidation sites excluding steroid dienone is 1. The average molecular weight is 362 g/mol. The Morgan fingerprint density at radius 2 is 2.19 bits per heavy atom. The molecule has 1 saturated heterocycles. The minimum atomic E-state index is -0.200. The third-order valence-electron chi connectivity index (χ3n) is 4.93. The second kappa shape index (κ2) is 7.23. The van der Waals surface area contributed by atoms with Gasteiger partial charge in [0.2, 0.25) is 5.88 Å². The fourth-order valence-corrected chi connectivity index (χ4v) is 3.37. The van der Waals surface area contributed by atoms with Gasteiger partial charge >= 0.3 is 0 Å². The van der Waals surface area contributed by atoms with Gasteiger partial charge in [0.25, 0.3) is 5.91 Å². The van der Waals surface area contributed by atoms with Gasteiger partial charge in [-0.3, -0.25) is 4.79 Å². The minimum absolute atomic E-state index is 0.200. The molecule has 3 heterocycles. The lowest BCUT2D eigenvalue weighted by molar-refractivity contribution is -0.112. The van der Waals surface area contributed by atoms with E-state index >= 15 is 0 Å². The van der Waals surface area contributed by atoms with Crippen molar-refractivity contribution in [3.05, 3.63) is 59.9 Å². The van der Waals surface area contributed by atoms with Crippen molar-refractivity contribution in [2.75, 3.05) is 18.9 Å². The van der Waals surface area contributed by atoms with E-state index in [1.807, 2.05) is 50.4 Å². The molecule has 6 heteroatoms. The van der Waals surface area contributed by atoms with E-state index in [1.165, 1.54) is 0 Å². The monoisotopic (exact) mass is 362 g/mol. The van der Waals surface area contributed by atoms with Gasteiger partial charge in [-0.25, -0.2) is 9.98 Å². The molecule has 1 aromatic heterocycles. The highest BCUT2D eigenvalue weighted by molar-refractivity contribution is 6.06. The van der Waals surface area contributed by atoms with E-state index in [4.69, 9.17) is 4.74 Å². The average Bonchev–Trinajstić information content (AvgIpc) is 3.06. The number of hydrogen-bond acceptors (Lipinski definition) is 5. The van der Waals surface area contributed by atoms with E-state index < -0.39 is 0 Å². The maximum absolute atomic E-state index is 12.7. The Hall–Kier alpha value is -3.15. The summed E-state index contributed by atoms with van der Waals surface area (Å²) in [5.74, 6) is 2.44. The summed E-state index contributed by atoms with van der Waals surface area (Å²) in [7, 11) is 2.03. The third kappa shape index (κ3) is 3.69. The normalized spacial score (nSPS) is 18.4. The van der Waals surface area contributed by atoms with Crippen LogP contribution >= 0.6 is 0 Å². The SMILES string of the molecule is Cc1ccc(NC(=O)C2=CCC3CCN(C)C3=N2)cc1Oc1ccccn1. The maximum Gasteiger partial charge on any atom is 0.274 e. The number of carbonyl (C=O) groups is 1. The lowest BCUT2D eigenvalue weighted by Crippen LogP contribution is -2.27. The number of benzene rings is 1. The zero-order chi connectivity index (χ0) is 18.8. The van der Waals surface area contributed by atoms with E-state index in [1.54, 1.807) is 12.3 Å². The fraction of sp³-hybridized carbons (Fsp3) is 0.286. The van der Waals surface area contributed by atoms with Gasteiger partial charge in [0.15, 0.2) is 0 Å². The number of fused-ring (bicyclic) bond motifs is 1. The highest BCUT2D eigenvalue weighted by Crippen LogP contribution is 2.29. The number of amides is 1. The summed E-state index contributed by atoms with van der Waals surface area (Å²) in [5, 5.41) is 2.93. The van der Waals surface area contributed by atoms with E-state index in [2.05, 4.69) is 20.2 Å². The topological polar surface area (TPSA) is 66.8 Å². The summed E-state index contributed by atoms with van der Waals surface area (Å²) in [6.07, 6.45) is 5.58. The predicted octanol–water partition coefficient (Wildman–Crippen LogP) is 3.76. The van der Waals surface area contributed by atoms with Crippen LogP contribution in [0.15, 0.2) is 59.4 Å². The molecule has 2 aliphatic heterocycles. The Labute approximate surface area is 158 Å². The van der Waals surface area contributed by atoms with E-state index in [0.717, 1.165) is 30.8 Å². The highest BCUT2D eigenvalue weighted by Gasteiger charge is 2.30. The van der Waals surface area contributed by atoms with Crippen LogP contribution in [0.5, 0.6) is 11.6 Å². The number of amidine groups is 1.